The molecule has 4 unspecified atom stereocenters. The lowest BCUT2D eigenvalue weighted by Gasteiger charge is -2.41. The summed E-state index contributed by atoms with van der Waals surface area (Å²) in [5.41, 5.74) is 0. The first kappa shape index (κ1) is 17.0. The van der Waals surface area contributed by atoms with Crippen molar-refractivity contribution < 1.29 is 0 Å². The molecule has 1 rings (SSSR count). The lowest BCUT2D eigenvalue weighted by Crippen LogP contribution is -2.39. The minimum absolute atomic E-state index is 0.630. The average Bonchev–Trinajstić information content (AvgIpc) is 2.36. The van der Waals surface area contributed by atoms with E-state index in [1.165, 1.54) is 38.6 Å². The van der Waals surface area contributed by atoms with Crippen LogP contribution in [0.15, 0.2) is 0 Å². The molecule has 1 nitrogen and oxygen atoms in total. The lowest BCUT2D eigenvalue weighted by molar-refractivity contribution is 0.0982. The van der Waals surface area contributed by atoms with Crippen LogP contribution in [0.25, 0.3) is 0 Å². The molecule has 1 heteroatoms. The van der Waals surface area contributed by atoms with Crippen molar-refractivity contribution in [1.29, 1.82) is 0 Å². The summed E-state index contributed by atoms with van der Waals surface area (Å²) >= 11 is 0. The molecule has 1 aliphatic rings. The third-order valence-corrected chi connectivity index (χ3v) is 5.29. The fourth-order valence-corrected chi connectivity index (χ4v) is 3.91. The van der Waals surface area contributed by atoms with Gasteiger partial charge >= 0.3 is 0 Å². The van der Waals surface area contributed by atoms with Crippen LogP contribution in [0.5, 0.6) is 0 Å². The van der Waals surface area contributed by atoms with Gasteiger partial charge in [0.15, 0.2) is 0 Å². The summed E-state index contributed by atoms with van der Waals surface area (Å²) in [6.45, 7) is 15.4. The van der Waals surface area contributed by atoms with Crippen LogP contribution in [0.2, 0.25) is 0 Å². The first-order chi connectivity index (χ1) is 8.95. The molecule has 114 valence electrons. The molecule has 1 saturated carbocycles. The molecule has 1 aliphatic carbocycles. The number of hydrogen-bond donors (Lipinski definition) is 1. The number of hydrogen-bond acceptors (Lipinski definition) is 1. The van der Waals surface area contributed by atoms with Crippen LogP contribution in [0.3, 0.4) is 0 Å². The van der Waals surface area contributed by atoms with Gasteiger partial charge in [0, 0.05) is 6.04 Å². The zero-order chi connectivity index (χ0) is 14.4. The first-order valence-electron chi connectivity index (χ1n) is 8.69. The Kier molecular flexibility index (Phi) is 7.42. The summed E-state index contributed by atoms with van der Waals surface area (Å²) in [5.74, 6) is 4.62. The maximum atomic E-state index is 3.69. The van der Waals surface area contributed by atoms with Crippen molar-refractivity contribution in [2.24, 2.45) is 29.6 Å². The van der Waals surface area contributed by atoms with Crippen molar-refractivity contribution in [1.82, 2.24) is 5.32 Å². The van der Waals surface area contributed by atoms with Gasteiger partial charge in [-0.2, -0.15) is 0 Å². The molecule has 0 heterocycles. The van der Waals surface area contributed by atoms with E-state index in [0.29, 0.717) is 6.04 Å². The number of nitrogens with one attached hydrogen (secondary N) is 1. The molecule has 0 amide bonds. The van der Waals surface area contributed by atoms with Crippen molar-refractivity contribution in [3.05, 3.63) is 0 Å². The third kappa shape index (κ3) is 5.45. The van der Waals surface area contributed by atoms with Crippen molar-refractivity contribution in [3.8, 4) is 0 Å². The van der Waals surface area contributed by atoms with Crippen LogP contribution < -0.4 is 5.32 Å². The van der Waals surface area contributed by atoms with Crippen molar-refractivity contribution in [2.75, 3.05) is 6.54 Å². The van der Waals surface area contributed by atoms with Gasteiger partial charge in [0.2, 0.25) is 0 Å². The van der Waals surface area contributed by atoms with Gasteiger partial charge in [-0.15, -0.1) is 0 Å². The maximum Gasteiger partial charge on any atom is 0.00104 e. The largest absolute Gasteiger partial charge is 0.314 e. The normalized spacial score (nSPS) is 30.0. The summed E-state index contributed by atoms with van der Waals surface area (Å²) < 4.78 is 0. The quantitative estimate of drug-likeness (QED) is 0.676. The summed E-state index contributed by atoms with van der Waals surface area (Å²) in [6, 6.07) is 0.630. The highest BCUT2D eigenvalue weighted by atomic mass is 14.9. The van der Waals surface area contributed by atoms with Gasteiger partial charge < -0.3 is 5.32 Å². The second kappa shape index (κ2) is 8.29. The SMILES string of the molecule is CCCC(C)C1CC(C(C)C)CCC1CNC(C)C. The van der Waals surface area contributed by atoms with Gasteiger partial charge in [-0.3, -0.25) is 0 Å². The van der Waals surface area contributed by atoms with E-state index in [4.69, 9.17) is 0 Å². The molecule has 0 bridgehead atoms. The topological polar surface area (TPSA) is 12.0 Å². The summed E-state index contributed by atoms with van der Waals surface area (Å²) in [6.07, 6.45) is 7.13. The molecule has 19 heavy (non-hydrogen) atoms. The Balaban J connectivity index is 2.61. The molecular formula is C18H37N. The van der Waals surface area contributed by atoms with Crippen LogP contribution in [0.4, 0.5) is 0 Å². The molecule has 4 atom stereocenters. The van der Waals surface area contributed by atoms with E-state index in [1.54, 1.807) is 0 Å². The second-order valence-electron chi connectivity index (χ2n) is 7.57. The van der Waals surface area contributed by atoms with Crippen molar-refractivity contribution in [2.45, 2.75) is 79.7 Å². The van der Waals surface area contributed by atoms with Gasteiger partial charge in [0.25, 0.3) is 0 Å². The van der Waals surface area contributed by atoms with E-state index in [9.17, 15) is 0 Å². The highest BCUT2D eigenvalue weighted by Crippen LogP contribution is 2.42. The monoisotopic (exact) mass is 267 g/mol. The van der Waals surface area contributed by atoms with Gasteiger partial charge in [-0.1, -0.05) is 54.4 Å². The van der Waals surface area contributed by atoms with Crippen molar-refractivity contribution >= 4 is 0 Å². The van der Waals surface area contributed by atoms with Crippen molar-refractivity contribution in [3.63, 3.8) is 0 Å². The zero-order valence-electron chi connectivity index (χ0n) is 14.2. The average molecular weight is 268 g/mol. The van der Waals surface area contributed by atoms with Crippen LogP contribution in [-0.2, 0) is 0 Å². The van der Waals surface area contributed by atoms with E-state index in [0.717, 1.165) is 29.6 Å². The predicted molar refractivity (Wildman–Crippen MR) is 86.4 cm³/mol. The number of rotatable bonds is 7. The molecule has 0 spiro atoms. The standard InChI is InChI=1S/C18H37N/c1-7-8-15(6)18-11-16(13(2)3)9-10-17(18)12-19-14(4)5/h13-19H,7-12H2,1-6H3. The Bertz CT molecular complexity index is 234. The summed E-state index contributed by atoms with van der Waals surface area (Å²) in [4.78, 5) is 0. The fourth-order valence-electron chi connectivity index (χ4n) is 3.91. The zero-order valence-corrected chi connectivity index (χ0v) is 14.2. The molecule has 0 aromatic carbocycles. The lowest BCUT2D eigenvalue weighted by atomic mass is 9.66. The fraction of sp³-hybridized carbons (Fsp3) is 1.00. The maximum absolute atomic E-state index is 3.69. The van der Waals surface area contributed by atoms with Crippen LogP contribution in [0, 0.1) is 29.6 Å². The van der Waals surface area contributed by atoms with E-state index in [-0.39, 0.29) is 0 Å². The van der Waals surface area contributed by atoms with Gasteiger partial charge in [-0.25, -0.2) is 0 Å². The molecule has 1 N–H and O–H groups in total. The van der Waals surface area contributed by atoms with Gasteiger partial charge in [0.05, 0.1) is 0 Å². The van der Waals surface area contributed by atoms with Crippen LogP contribution in [0.1, 0.15) is 73.6 Å². The molecule has 0 aromatic rings. The minimum Gasteiger partial charge on any atom is -0.314 e. The molecule has 0 radical (unpaired) electrons. The molecule has 0 aliphatic heterocycles. The summed E-state index contributed by atoms with van der Waals surface area (Å²) in [7, 11) is 0. The first-order valence-corrected chi connectivity index (χ1v) is 8.69. The predicted octanol–water partition coefficient (Wildman–Crippen LogP) is 5.11. The van der Waals surface area contributed by atoms with Gasteiger partial charge in [0.1, 0.15) is 0 Å². The smallest absolute Gasteiger partial charge is 0.00104 e. The molecular weight excluding hydrogens is 230 g/mol. The van der Waals surface area contributed by atoms with E-state index in [1.807, 2.05) is 0 Å². The Labute approximate surface area is 121 Å². The second-order valence-corrected chi connectivity index (χ2v) is 7.57. The molecule has 0 aromatic heterocycles. The molecule has 0 saturated heterocycles. The minimum atomic E-state index is 0.630. The van der Waals surface area contributed by atoms with E-state index >= 15 is 0 Å². The van der Waals surface area contributed by atoms with Crippen LogP contribution in [-0.4, -0.2) is 12.6 Å². The Hall–Kier alpha value is -0.0400. The third-order valence-electron chi connectivity index (χ3n) is 5.29. The van der Waals surface area contributed by atoms with Crippen LogP contribution >= 0.6 is 0 Å². The molecule has 1 fully saturated rings. The highest BCUT2D eigenvalue weighted by molar-refractivity contribution is 4.85. The Morgan fingerprint density at radius 3 is 2.26 bits per heavy atom. The Morgan fingerprint density at radius 2 is 1.74 bits per heavy atom. The van der Waals surface area contributed by atoms with E-state index in [2.05, 4.69) is 46.9 Å². The van der Waals surface area contributed by atoms with Gasteiger partial charge in [-0.05, 0) is 55.4 Å². The Morgan fingerprint density at radius 1 is 1.05 bits per heavy atom. The highest BCUT2D eigenvalue weighted by Gasteiger charge is 2.34. The summed E-state index contributed by atoms with van der Waals surface area (Å²) in [5, 5.41) is 3.69. The van der Waals surface area contributed by atoms with E-state index < -0.39 is 0 Å².